The SMILES string of the molecule is C[Si](C)(C)CCOCN(N)C(=O)c1cc[nH]c(=O)c1. The third kappa shape index (κ3) is 5.82. The first-order valence-corrected chi connectivity index (χ1v) is 9.83. The Kier molecular flexibility index (Phi) is 5.46. The minimum atomic E-state index is -1.14. The first-order chi connectivity index (χ1) is 8.79. The summed E-state index contributed by atoms with van der Waals surface area (Å²) in [6, 6.07) is 3.73. The molecule has 0 fully saturated rings. The Labute approximate surface area is 113 Å². The number of nitrogens with one attached hydrogen (secondary N) is 1. The standard InChI is InChI=1S/C12H21N3O3Si/c1-19(2,3)7-6-18-9-15(13)12(17)10-4-5-14-11(16)8-10/h4-5,8H,6-7,9,13H2,1-3H3,(H,14,16). The first-order valence-electron chi connectivity index (χ1n) is 6.13. The number of aromatic amines is 1. The summed E-state index contributed by atoms with van der Waals surface area (Å²) in [7, 11) is -1.14. The zero-order valence-electron chi connectivity index (χ0n) is 11.6. The highest BCUT2D eigenvalue weighted by atomic mass is 28.3. The number of amides is 1. The van der Waals surface area contributed by atoms with E-state index >= 15 is 0 Å². The number of pyridine rings is 1. The van der Waals surface area contributed by atoms with Gasteiger partial charge in [-0.15, -0.1) is 0 Å². The summed E-state index contributed by atoms with van der Waals surface area (Å²) in [6.45, 7) is 7.36. The molecule has 0 atom stereocenters. The van der Waals surface area contributed by atoms with Crippen LogP contribution in [0.3, 0.4) is 0 Å². The van der Waals surface area contributed by atoms with Crippen LogP contribution in [0.4, 0.5) is 0 Å². The molecule has 1 aromatic rings. The number of hydrogen-bond donors (Lipinski definition) is 2. The fourth-order valence-corrected chi connectivity index (χ4v) is 2.10. The summed E-state index contributed by atoms with van der Waals surface area (Å²) >= 11 is 0. The maximum absolute atomic E-state index is 11.9. The van der Waals surface area contributed by atoms with Crippen molar-refractivity contribution in [3.8, 4) is 0 Å². The lowest BCUT2D eigenvalue weighted by molar-refractivity contribution is 0.0277. The van der Waals surface area contributed by atoms with Crippen molar-refractivity contribution in [2.24, 2.45) is 5.84 Å². The molecule has 0 aliphatic rings. The molecule has 19 heavy (non-hydrogen) atoms. The number of rotatable bonds is 6. The average Bonchev–Trinajstić information content (AvgIpc) is 2.32. The van der Waals surface area contributed by atoms with E-state index in [2.05, 4.69) is 24.6 Å². The number of carbonyl (C=O) groups is 1. The predicted molar refractivity (Wildman–Crippen MR) is 76.4 cm³/mol. The van der Waals surface area contributed by atoms with E-state index < -0.39 is 14.0 Å². The topological polar surface area (TPSA) is 88.4 Å². The van der Waals surface area contributed by atoms with E-state index in [0.717, 1.165) is 11.1 Å². The molecule has 1 heterocycles. The molecule has 1 rings (SSSR count). The number of H-pyrrole nitrogens is 1. The highest BCUT2D eigenvalue weighted by molar-refractivity contribution is 6.76. The maximum Gasteiger partial charge on any atom is 0.270 e. The molecular formula is C12H21N3O3Si. The number of carbonyl (C=O) groups excluding carboxylic acids is 1. The van der Waals surface area contributed by atoms with E-state index in [-0.39, 0.29) is 17.9 Å². The van der Waals surface area contributed by atoms with Gasteiger partial charge in [0.15, 0.2) is 0 Å². The smallest absolute Gasteiger partial charge is 0.270 e. The van der Waals surface area contributed by atoms with Crippen molar-refractivity contribution in [2.75, 3.05) is 13.3 Å². The van der Waals surface area contributed by atoms with Crippen LogP contribution < -0.4 is 11.4 Å². The molecule has 0 unspecified atom stereocenters. The number of nitrogens with two attached hydrogens (primary N) is 1. The molecule has 1 amide bonds. The summed E-state index contributed by atoms with van der Waals surface area (Å²) in [5.41, 5.74) is -0.0843. The fourth-order valence-electron chi connectivity index (χ4n) is 1.34. The Morgan fingerprint density at radius 2 is 2.16 bits per heavy atom. The Morgan fingerprint density at radius 1 is 1.47 bits per heavy atom. The molecule has 0 saturated carbocycles. The van der Waals surface area contributed by atoms with Gasteiger partial charge in [-0.1, -0.05) is 19.6 Å². The molecule has 0 saturated heterocycles. The minimum absolute atomic E-state index is 0.0239. The Hall–Kier alpha value is -1.44. The molecule has 106 valence electrons. The van der Waals surface area contributed by atoms with Crippen molar-refractivity contribution in [2.45, 2.75) is 25.7 Å². The molecule has 7 heteroatoms. The van der Waals surface area contributed by atoms with Crippen molar-refractivity contribution in [1.82, 2.24) is 9.99 Å². The van der Waals surface area contributed by atoms with Crippen LogP contribution in [0.15, 0.2) is 23.1 Å². The highest BCUT2D eigenvalue weighted by Gasteiger charge is 2.15. The van der Waals surface area contributed by atoms with Gasteiger partial charge in [-0.25, -0.2) is 5.84 Å². The molecular weight excluding hydrogens is 262 g/mol. The average molecular weight is 283 g/mol. The molecule has 0 radical (unpaired) electrons. The predicted octanol–water partition coefficient (Wildman–Crippen LogP) is 1.00. The fraction of sp³-hybridized carbons (Fsp3) is 0.500. The van der Waals surface area contributed by atoms with E-state index in [4.69, 9.17) is 10.6 Å². The third-order valence-electron chi connectivity index (χ3n) is 2.51. The van der Waals surface area contributed by atoms with Gasteiger partial charge in [-0.05, 0) is 12.1 Å². The van der Waals surface area contributed by atoms with Crippen molar-refractivity contribution >= 4 is 14.0 Å². The quantitative estimate of drug-likeness (QED) is 0.204. The van der Waals surface area contributed by atoms with Crippen LogP contribution >= 0.6 is 0 Å². The lowest BCUT2D eigenvalue weighted by Gasteiger charge is -2.19. The van der Waals surface area contributed by atoms with E-state index in [1.54, 1.807) is 0 Å². The van der Waals surface area contributed by atoms with E-state index in [9.17, 15) is 9.59 Å². The molecule has 1 aromatic heterocycles. The second-order valence-corrected chi connectivity index (χ2v) is 11.2. The van der Waals surface area contributed by atoms with Gasteiger partial charge in [0, 0.05) is 32.5 Å². The van der Waals surface area contributed by atoms with Gasteiger partial charge in [-0.2, -0.15) is 0 Å². The van der Waals surface area contributed by atoms with Gasteiger partial charge in [0.25, 0.3) is 5.91 Å². The second-order valence-electron chi connectivity index (χ2n) is 5.56. The van der Waals surface area contributed by atoms with Gasteiger partial charge in [-0.3, -0.25) is 14.6 Å². The summed E-state index contributed by atoms with van der Waals surface area (Å²) in [4.78, 5) is 25.4. The largest absolute Gasteiger partial charge is 0.360 e. The summed E-state index contributed by atoms with van der Waals surface area (Å²) in [5, 5.41) is 0.971. The van der Waals surface area contributed by atoms with Crippen LogP contribution in [0.1, 0.15) is 10.4 Å². The zero-order valence-corrected chi connectivity index (χ0v) is 12.6. The van der Waals surface area contributed by atoms with Crippen molar-refractivity contribution in [3.63, 3.8) is 0 Å². The monoisotopic (exact) mass is 283 g/mol. The van der Waals surface area contributed by atoms with Crippen LogP contribution in [0.5, 0.6) is 0 Å². The van der Waals surface area contributed by atoms with Crippen molar-refractivity contribution < 1.29 is 9.53 Å². The lowest BCUT2D eigenvalue weighted by atomic mass is 10.2. The van der Waals surface area contributed by atoms with Crippen LogP contribution in [0, 0.1) is 0 Å². The van der Waals surface area contributed by atoms with Gasteiger partial charge in [0.2, 0.25) is 5.56 Å². The number of hydrazine groups is 1. The van der Waals surface area contributed by atoms with E-state index in [1.165, 1.54) is 18.3 Å². The van der Waals surface area contributed by atoms with Gasteiger partial charge >= 0.3 is 0 Å². The number of ether oxygens (including phenoxy) is 1. The normalized spacial score (nSPS) is 11.4. The van der Waals surface area contributed by atoms with Crippen LogP contribution in [0.2, 0.25) is 25.7 Å². The second kappa shape index (κ2) is 6.64. The summed E-state index contributed by atoms with van der Waals surface area (Å²) in [5.74, 6) is 5.18. The first kappa shape index (κ1) is 15.6. The van der Waals surface area contributed by atoms with Crippen molar-refractivity contribution in [1.29, 1.82) is 0 Å². The minimum Gasteiger partial charge on any atom is -0.360 e. The third-order valence-corrected chi connectivity index (χ3v) is 4.21. The van der Waals surface area contributed by atoms with Gasteiger partial charge in [0.1, 0.15) is 6.73 Å². The Bertz CT molecular complexity index is 482. The lowest BCUT2D eigenvalue weighted by Crippen LogP contribution is -2.40. The molecule has 0 bridgehead atoms. The summed E-state index contributed by atoms with van der Waals surface area (Å²) in [6.07, 6.45) is 1.41. The van der Waals surface area contributed by atoms with Crippen LogP contribution in [-0.4, -0.2) is 37.3 Å². The molecule has 0 aromatic carbocycles. The summed E-state index contributed by atoms with van der Waals surface area (Å²) < 4.78 is 5.37. The Balaban J connectivity index is 2.43. The molecule has 6 nitrogen and oxygen atoms in total. The van der Waals surface area contributed by atoms with E-state index in [0.29, 0.717) is 6.61 Å². The van der Waals surface area contributed by atoms with Crippen LogP contribution in [0.25, 0.3) is 0 Å². The molecule has 0 aliphatic carbocycles. The number of aromatic nitrogens is 1. The molecule has 0 spiro atoms. The Morgan fingerprint density at radius 3 is 2.74 bits per heavy atom. The highest BCUT2D eigenvalue weighted by Crippen LogP contribution is 2.07. The maximum atomic E-state index is 11.9. The van der Waals surface area contributed by atoms with E-state index in [1.807, 2.05) is 0 Å². The molecule has 3 N–H and O–H groups in total. The molecule has 0 aliphatic heterocycles. The van der Waals surface area contributed by atoms with Gasteiger partial charge < -0.3 is 9.72 Å². The number of hydrogen-bond acceptors (Lipinski definition) is 4. The van der Waals surface area contributed by atoms with Crippen molar-refractivity contribution in [3.05, 3.63) is 34.2 Å². The van der Waals surface area contributed by atoms with Gasteiger partial charge in [0.05, 0.1) is 0 Å². The number of nitrogens with zero attached hydrogens (tertiary/aromatic N) is 1. The zero-order chi connectivity index (χ0) is 14.5. The van der Waals surface area contributed by atoms with Crippen LogP contribution in [-0.2, 0) is 4.74 Å².